The molecule has 4 aromatic rings. The van der Waals surface area contributed by atoms with Gasteiger partial charge in [-0.25, -0.2) is 10.0 Å². The first-order valence-corrected chi connectivity index (χ1v) is 19.9. The van der Waals surface area contributed by atoms with Gasteiger partial charge in [0, 0.05) is 21.4 Å². The summed E-state index contributed by atoms with van der Waals surface area (Å²) >= 11 is 12.4. The Morgan fingerprint density at radius 3 is 1.43 bits per heavy atom. The van der Waals surface area contributed by atoms with E-state index >= 15 is 0 Å². The zero-order valence-electron chi connectivity index (χ0n) is 32.0. The molecule has 0 spiro atoms. The van der Waals surface area contributed by atoms with Crippen LogP contribution in [0.5, 0.6) is 0 Å². The lowest BCUT2D eigenvalue weighted by Crippen LogP contribution is -2.48. The predicted octanol–water partition coefficient (Wildman–Crippen LogP) is 8.87. The maximum absolute atomic E-state index is 15.0. The van der Waals surface area contributed by atoms with E-state index in [0.717, 1.165) is 24.0 Å². The fourth-order valence-electron chi connectivity index (χ4n) is 7.58. The molecule has 2 saturated heterocycles. The number of rotatable bonds is 14. The Kier molecular flexibility index (Phi) is 13.5. The van der Waals surface area contributed by atoms with Crippen molar-refractivity contribution in [3.05, 3.63) is 129 Å². The van der Waals surface area contributed by atoms with Crippen molar-refractivity contribution in [3.8, 4) is 0 Å². The molecule has 0 aromatic heterocycles. The maximum Gasteiger partial charge on any atom is 0.325 e. The molecule has 2 aliphatic heterocycles. The minimum atomic E-state index is -1.25. The van der Waals surface area contributed by atoms with Crippen LogP contribution in [0.25, 0.3) is 0 Å². The molecule has 294 valence electrons. The highest BCUT2D eigenvalue weighted by Gasteiger charge is 2.68. The molecule has 2 amide bonds. The number of fused-ring (bicyclic) bond motifs is 1. The molecule has 2 heterocycles. The third-order valence-electron chi connectivity index (χ3n) is 10.4. The van der Waals surface area contributed by atoms with Gasteiger partial charge < -0.3 is 20.1 Å². The highest BCUT2D eigenvalue weighted by atomic mass is 35.5. The fourth-order valence-corrected chi connectivity index (χ4v) is 7.83. The zero-order chi connectivity index (χ0) is 39.9. The van der Waals surface area contributed by atoms with E-state index in [4.69, 9.17) is 32.7 Å². The topological polar surface area (TPSA) is 117 Å². The summed E-state index contributed by atoms with van der Waals surface area (Å²) in [4.78, 5) is 59.2. The van der Waals surface area contributed by atoms with Crippen molar-refractivity contribution in [2.24, 2.45) is 11.8 Å². The Bertz CT molecular complexity index is 1990. The molecule has 2 aliphatic rings. The number of halogens is 2. The van der Waals surface area contributed by atoms with Gasteiger partial charge in [0.05, 0.1) is 31.2 Å². The number of amides is 2. The van der Waals surface area contributed by atoms with Crippen molar-refractivity contribution >= 4 is 58.3 Å². The van der Waals surface area contributed by atoms with E-state index in [1.165, 1.54) is 0 Å². The zero-order valence-corrected chi connectivity index (χ0v) is 33.6. The Labute approximate surface area is 338 Å². The number of hydrazine groups is 1. The SMILES string of the molecule is CCCCOC(=O)[C@H]1[C@@H](c2ccc(C)cc2)N2[C@@H](C(=O)OCCCC)[C@@H](C(=O)Nc3ccc(Cl)cc3)[C@@H](c3ccc(C)cc3)N2[C@H]1C(=O)Nc1ccc(Cl)cc1. The summed E-state index contributed by atoms with van der Waals surface area (Å²) in [5.41, 5.74) is 4.25. The van der Waals surface area contributed by atoms with Gasteiger partial charge in [-0.05, 0) is 86.3 Å². The van der Waals surface area contributed by atoms with Crippen LogP contribution in [0, 0.1) is 25.7 Å². The van der Waals surface area contributed by atoms with E-state index in [1.807, 2.05) is 76.2 Å². The van der Waals surface area contributed by atoms with Gasteiger partial charge in [0.15, 0.2) is 0 Å². The minimum absolute atomic E-state index is 0.137. The molecule has 4 aromatic carbocycles. The number of hydrogen-bond acceptors (Lipinski definition) is 8. The van der Waals surface area contributed by atoms with Crippen LogP contribution in [0.3, 0.4) is 0 Å². The molecule has 2 fully saturated rings. The van der Waals surface area contributed by atoms with Crippen molar-refractivity contribution < 1.29 is 28.7 Å². The van der Waals surface area contributed by atoms with E-state index < -0.39 is 59.8 Å². The van der Waals surface area contributed by atoms with Crippen LogP contribution in [-0.4, -0.2) is 59.1 Å². The number of unbranched alkanes of at least 4 members (excludes halogenated alkanes) is 2. The lowest BCUT2D eigenvalue weighted by atomic mass is 9.81. The van der Waals surface area contributed by atoms with Gasteiger partial charge in [-0.2, -0.15) is 0 Å². The largest absolute Gasteiger partial charge is 0.465 e. The van der Waals surface area contributed by atoms with Crippen LogP contribution in [0.1, 0.15) is 73.9 Å². The number of carbonyl (C=O) groups excluding carboxylic acids is 4. The number of nitrogens with zero attached hydrogens (tertiary/aromatic N) is 2. The summed E-state index contributed by atoms with van der Waals surface area (Å²) in [7, 11) is 0. The standard InChI is InChI=1S/C44H48Cl2N4O6/c1-5-7-25-55-43(53)36-38(30-15-11-28(4)12-16-30)50-40(44(54)56-26-8-6-2)35(41(51)47-33-21-17-31(45)18-22-33)37(29-13-9-27(3)10-14-29)49(50)39(36)42(52)48-34-23-19-32(46)20-24-34/h9-24,35-40H,5-8,25-26H2,1-4H3,(H,47,51)(H,48,52)/t35-,36-,37+,38+,39+,40+/m0/s1. The summed E-state index contributed by atoms with van der Waals surface area (Å²) in [6.45, 7) is 8.20. The number of ether oxygens (including phenoxy) is 2. The average Bonchev–Trinajstić information content (AvgIpc) is 3.71. The molecular formula is C44H48Cl2N4O6. The third-order valence-corrected chi connectivity index (χ3v) is 10.9. The van der Waals surface area contributed by atoms with Crippen molar-refractivity contribution in [2.45, 2.75) is 77.5 Å². The number of aryl methyl sites for hydroxylation is 2. The van der Waals surface area contributed by atoms with Gasteiger partial charge in [-0.3, -0.25) is 19.2 Å². The molecule has 0 bridgehead atoms. The summed E-state index contributed by atoms with van der Waals surface area (Å²) in [5.74, 6) is -4.44. The Hall–Kier alpha value is -4.74. The second-order valence-electron chi connectivity index (χ2n) is 14.4. The third kappa shape index (κ3) is 8.94. The molecule has 6 atom stereocenters. The van der Waals surface area contributed by atoms with Crippen molar-refractivity contribution in [3.63, 3.8) is 0 Å². The van der Waals surface area contributed by atoms with Gasteiger partial charge in [0.25, 0.3) is 0 Å². The van der Waals surface area contributed by atoms with Crippen LogP contribution in [0.15, 0.2) is 97.1 Å². The Morgan fingerprint density at radius 2 is 0.964 bits per heavy atom. The smallest absolute Gasteiger partial charge is 0.325 e. The maximum atomic E-state index is 15.0. The van der Waals surface area contributed by atoms with Gasteiger partial charge in [-0.1, -0.05) is 110 Å². The Morgan fingerprint density at radius 1 is 0.554 bits per heavy atom. The highest BCUT2D eigenvalue weighted by molar-refractivity contribution is 6.31. The van der Waals surface area contributed by atoms with E-state index in [0.29, 0.717) is 45.4 Å². The molecule has 6 rings (SSSR count). The normalized spacial score (nSPS) is 22.0. The van der Waals surface area contributed by atoms with Crippen LogP contribution >= 0.6 is 23.2 Å². The number of esters is 2. The summed E-state index contributed by atoms with van der Waals surface area (Å²) in [6.07, 6.45) is 2.83. The molecule has 2 N–H and O–H groups in total. The summed E-state index contributed by atoms with van der Waals surface area (Å²) in [5, 5.41) is 10.5. The number of nitrogens with one attached hydrogen (secondary N) is 2. The molecule has 0 unspecified atom stereocenters. The Balaban J connectivity index is 1.59. The van der Waals surface area contributed by atoms with Crippen molar-refractivity contribution in [1.29, 1.82) is 0 Å². The molecular weight excluding hydrogens is 751 g/mol. The minimum Gasteiger partial charge on any atom is -0.465 e. The first kappa shape index (κ1) is 40.9. The highest BCUT2D eigenvalue weighted by Crippen LogP contribution is 2.56. The molecule has 0 radical (unpaired) electrons. The predicted molar refractivity (Wildman–Crippen MR) is 218 cm³/mol. The second-order valence-corrected chi connectivity index (χ2v) is 15.3. The fraction of sp³-hybridized carbons (Fsp3) is 0.364. The van der Waals surface area contributed by atoms with Crippen molar-refractivity contribution in [1.82, 2.24) is 10.0 Å². The van der Waals surface area contributed by atoms with Crippen LogP contribution in [-0.2, 0) is 28.7 Å². The van der Waals surface area contributed by atoms with Gasteiger partial charge in [0.1, 0.15) is 18.0 Å². The van der Waals surface area contributed by atoms with E-state index in [2.05, 4.69) is 10.6 Å². The molecule has 10 nitrogen and oxygen atoms in total. The number of carbonyl (C=O) groups is 4. The van der Waals surface area contributed by atoms with Crippen molar-refractivity contribution in [2.75, 3.05) is 23.8 Å². The van der Waals surface area contributed by atoms with E-state index in [1.54, 1.807) is 58.5 Å². The molecule has 12 heteroatoms. The summed E-state index contributed by atoms with van der Waals surface area (Å²) < 4.78 is 11.9. The monoisotopic (exact) mass is 798 g/mol. The quantitative estimate of drug-likeness (QED) is 0.0961. The number of benzene rings is 4. The van der Waals surface area contributed by atoms with E-state index in [-0.39, 0.29) is 13.2 Å². The van der Waals surface area contributed by atoms with Crippen LogP contribution < -0.4 is 10.6 Å². The van der Waals surface area contributed by atoms with Crippen LogP contribution in [0.4, 0.5) is 11.4 Å². The first-order chi connectivity index (χ1) is 27.0. The van der Waals surface area contributed by atoms with E-state index in [9.17, 15) is 19.2 Å². The number of hydrogen-bond donors (Lipinski definition) is 2. The first-order valence-electron chi connectivity index (χ1n) is 19.2. The average molecular weight is 800 g/mol. The van der Waals surface area contributed by atoms with Gasteiger partial charge in [0.2, 0.25) is 11.8 Å². The lowest BCUT2D eigenvalue weighted by molar-refractivity contribution is -0.158. The van der Waals surface area contributed by atoms with Gasteiger partial charge in [-0.15, -0.1) is 0 Å². The van der Waals surface area contributed by atoms with Gasteiger partial charge >= 0.3 is 11.9 Å². The number of anilines is 2. The molecule has 56 heavy (non-hydrogen) atoms. The molecule has 0 aliphatic carbocycles. The molecule has 0 saturated carbocycles. The summed E-state index contributed by atoms with van der Waals surface area (Å²) in [6, 6.07) is 24.4. The second kappa shape index (κ2) is 18.5. The lowest BCUT2D eigenvalue weighted by Gasteiger charge is -2.33. The van der Waals surface area contributed by atoms with Crippen LogP contribution in [0.2, 0.25) is 10.0 Å².